The van der Waals surface area contributed by atoms with Gasteiger partial charge < -0.3 is 4.90 Å². The molecule has 2 aromatic heterocycles. The minimum Gasteiger partial charge on any atom is -0.304 e. The maximum Gasteiger partial charge on any atom is 0.240 e. The van der Waals surface area contributed by atoms with Crippen LogP contribution in [0.2, 0.25) is 0 Å². The molecule has 4 rings (SSSR count). The van der Waals surface area contributed by atoms with E-state index in [1.165, 1.54) is 12.3 Å². The Morgan fingerprint density at radius 1 is 1.11 bits per heavy atom. The molecule has 28 heavy (non-hydrogen) atoms. The number of carbonyl (C=O) groups is 1. The van der Waals surface area contributed by atoms with Crippen molar-refractivity contribution >= 4 is 22.8 Å². The zero-order valence-electron chi connectivity index (χ0n) is 15.6. The minimum absolute atomic E-state index is 0.130. The third-order valence-electron chi connectivity index (χ3n) is 4.84. The number of carbonyl (C=O) groups excluding carboxylic acids is 1. The number of fused-ring (bicyclic) bond motifs is 1. The van der Waals surface area contributed by atoms with E-state index in [0.29, 0.717) is 17.6 Å². The van der Waals surface area contributed by atoms with Gasteiger partial charge in [-0.3, -0.25) is 20.0 Å². The lowest BCUT2D eigenvalue weighted by Crippen LogP contribution is -2.47. The van der Waals surface area contributed by atoms with Crippen molar-refractivity contribution in [3.05, 3.63) is 48.7 Å². The first-order valence-electron chi connectivity index (χ1n) is 9.15. The number of rotatable bonds is 4. The minimum atomic E-state index is -0.392. The number of benzene rings is 1. The number of piperazine rings is 1. The second-order valence-corrected chi connectivity index (χ2v) is 6.99. The fraction of sp³-hybridized carbons (Fsp3) is 0.300. The zero-order valence-corrected chi connectivity index (χ0v) is 15.6. The van der Waals surface area contributed by atoms with E-state index in [0.717, 1.165) is 37.1 Å². The fourth-order valence-corrected chi connectivity index (χ4v) is 3.21. The van der Waals surface area contributed by atoms with Crippen LogP contribution >= 0.6 is 0 Å². The van der Waals surface area contributed by atoms with E-state index in [4.69, 9.17) is 0 Å². The number of aromatic nitrogens is 3. The van der Waals surface area contributed by atoms with Crippen molar-refractivity contribution < 1.29 is 9.18 Å². The van der Waals surface area contributed by atoms with Crippen LogP contribution in [0.3, 0.4) is 0 Å². The monoisotopic (exact) mass is 380 g/mol. The van der Waals surface area contributed by atoms with Crippen molar-refractivity contribution in [3.63, 3.8) is 0 Å². The highest BCUT2D eigenvalue weighted by Gasteiger charge is 2.17. The summed E-state index contributed by atoms with van der Waals surface area (Å²) in [6.07, 6.45) is 4.44. The maximum absolute atomic E-state index is 13.4. The molecule has 1 amide bonds. The van der Waals surface area contributed by atoms with Gasteiger partial charge in [-0.1, -0.05) is 12.1 Å². The molecule has 3 heterocycles. The number of halogens is 1. The van der Waals surface area contributed by atoms with Gasteiger partial charge in [-0.05, 0) is 24.7 Å². The number of pyridine rings is 1. The predicted octanol–water partition coefficient (Wildman–Crippen LogP) is 2.02. The molecule has 1 aromatic carbocycles. The molecule has 7 nitrogen and oxygen atoms in total. The van der Waals surface area contributed by atoms with Gasteiger partial charge in [0.2, 0.25) is 11.9 Å². The standard InChI is InChI=1S/C20H21FN6O/c1-26-4-6-27(7-5-26)13-19(28)25-20-23-11-15-3-2-14(9-18(15)24-20)16-8-17(21)12-22-10-16/h2-3,8-12H,4-7,13H2,1H3,(H,23,24,25,28). The highest BCUT2D eigenvalue weighted by molar-refractivity contribution is 5.92. The molecular formula is C20H21FN6O. The molecule has 1 N–H and O–H groups in total. The lowest BCUT2D eigenvalue weighted by Gasteiger charge is -2.31. The molecule has 3 aromatic rings. The van der Waals surface area contributed by atoms with Crippen LogP contribution < -0.4 is 5.32 Å². The molecule has 0 radical (unpaired) electrons. The van der Waals surface area contributed by atoms with Gasteiger partial charge in [0.05, 0.1) is 18.3 Å². The third kappa shape index (κ3) is 4.29. The molecule has 0 saturated carbocycles. The molecule has 1 aliphatic rings. The smallest absolute Gasteiger partial charge is 0.240 e. The predicted molar refractivity (Wildman–Crippen MR) is 105 cm³/mol. The first-order valence-corrected chi connectivity index (χ1v) is 9.15. The molecule has 1 fully saturated rings. The van der Waals surface area contributed by atoms with E-state index in [9.17, 15) is 9.18 Å². The first kappa shape index (κ1) is 18.4. The fourth-order valence-electron chi connectivity index (χ4n) is 3.21. The van der Waals surface area contributed by atoms with Gasteiger partial charge >= 0.3 is 0 Å². The molecule has 0 aliphatic carbocycles. The average Bonchev–Trinajstić information content (AvgIpc) is 2.69. The van der Waals surface area contributed by atoms with Crippen LogP contribution in [0.25, 0.3) is 22.0 Å². The Balaban J connectivity index is 1.49. The molecule has 0 atom stereocenters. The van der Waals surface area contributed by atoms with Crippen LogP contribution in [0, 0.1) is 5.82 Å². The van der Waals surface area contributed by atoms with Gasteiger partial charge in [-0.25, -0.2) is 14.4 Å². The van der Waals surface area contributed by atoms with Gasteiger partial charge in [0, 0.05) is 49.5 Å². The second-order valence-electron chi connectivity index (χ2n) is 6.99. The number of nitrogens with one attached hydrogen (secondary N) is 1. The lowest BCUT2D eigenvalue weighted by molar-refractivity contribution is -0.117. The Kier molecular flexibility index (Phi) is 5.23. The summed E-state index contributed by atoms with van der Waals surface area (Å²) in [4.78, 5) is 29.2. The molecule has 0 bridgehead atoms. The van der Waals surface area contributed by atoms with E-state index in [2.05, 4.69) is 37.1 Å². The molecule has 0 unspecified atom stereocenters. The number of hydrogen-bond donors (Lipinski definition) is 1. The van der Waals surface area contributed by atoms with Crippen LogP contribution in [0.15, 0.2) is 42.9 Å². The maximum atomic E-state index is 13.4. The Labute approximate surface area is 162 Å². The quantitative estimate of drug-likeness (QED) is 0.747. The largest absolute Gasteiger partial charge is 0.304 e. The summed E-state index contributed by atoms with van der Waals surface area (Å²) in [5.74, 6) is -0.257. The van der Waals surface area contributed by atoms with Crippen molar-refractivity contribution in [2.45, 2.75) is 0 Å². The van der Waals surface area contributed by atoms with Gasteiger partial charge in [0.15, 0.2) is 0 Å². The highest BCUT2D eigenvalue weighted by Crippen LogP contribution is 2.23. The van der Waals surface area contributed by atoms with Gasteiger partial charge in [-0.2, -0.15) is 0 Å². The first-order chi connectivity index (χ1) is 13.6. The van der Waals surface area contributed by atoms with Gasteiger partial charge in [0.1, 0.15) is 5.82 Å². The Morgan fingerprint density at radius 2 is 1.93 bits per heavy atom. The molecule has 144 valence electrons. The second kappa shape index (κ2) is 7.95. The normalized spacial score (nSPS) is 15.6. The number of hydrogen-bond acceptors (Lipinski definition) is 6. The molecule has 1 saturated heterocycles. The topological polar surface area (TPSA) is 74.2 Å². The lowest BCUT2D eigenvalue weighted by atomic mass is 10.1. The summed E-state index contributed by atoms with van der Waals surface area (Å²) < 4.78 is 13.4. The zero-order chi connectivity index (χ0) is 19.5. The van der Waals surface area contributed by atoms with E-state index >= 15 is 0 Å². The van der Waals surface area contributed by atoms with Crippen LogP contribution in [-0.4, -0.2) is 70.4 Å². The SMILES string of the molecule is CN1CCN(CC(=O)Nc2ncc3ccc(-c4cncc(F)c4)cc3n2)CC1. The summed E-state index contributed by atoms with van der Waals surface area (Å²) in [5.41, 5.74) is 2.14. The molecule has 0 spiro atoms. The molecule has 1 aliphatic heterocycles. The van der Waals surface area contributed by atoms with E-state index in [-0.39, 0.29) is 11.9 Å². The number of amides is 1. The van der Waals surface area contributed by atoms with Gasteiger partial charge in [-0.15, -0.1) is 0 Å². The number of anilines is 1. The van der Waals surface area contributed by atoms with Crippen molar-refractivity contribution in [3.8, 4) is 11.1 Å². The summed E-state index contributed by atoms with van der Waals surface area (Å²) in [6.45, 7) is 3.97. The van der Waals surface area contributed by atoms with E-state index in [1.54, 1.807) is 12.4 Å². The van der Waals surface area contributed by atoms with E-state index in [1.807, 2.05) is 18.2 Å². The average molecular weight is 380 g/mol. The van der Waals surface area contributed by atoms with Crippen LogP contribution in [0.1, 0.15) is 0 Å². The van der Waals surface area contributed by atoms with Gasteiger partial charge in [0.25, 0.3) is 0 Å². The Hall–Kier alpha value is -2.97. The summed E-state index contributed by atoms with van der Waals surface area (Å²) in [5, 5.41) is 3.61. The molecular weight excluding hydrogens is 359 g/mol. The number of likely N-dealkylation sites (N-methyl/N-ethyl adjacent to an activating group) is 1. The number of nitrogens with zero attached hydrogens (tertiary/aromatic N) is 5. The van der Waals surface area contributed by atoms with Crippen LogP contribution in [0.4, 0.5) is 10.3 Å². The van der Waals surface area contributed by atoms with Crippen molar-refractivity contribution in [2.75, 3.05) is 45.1 Å². The molecule has 8 heteroatoms. The third-order valence-corrected chi connectivity index (χ3v) is 4.84. The summed E-state index contributed by atoms with van der Waals surface area (Å²) in [6, 6.07) is 7.00. The highest BCUT2D eigenvalue weighted by atomic mass is 19.1. The summed E-state index contributed by atoms with van der Waals surface area (Å²) in [7, 11) is 2.08. The van der Waals surface area contributed by atoms with Crippen molar-refractivity contribution in [2.24, 2.45) is 0 Å². The Morgan fingerprint density at radius 3 is 2.71 bits per heavy atom. The van der Waals surface area contributed by atoms with Crippen molar-refractivity contribution in [1.29, 1.82) is 0 Å². The Bertz CT molecular complexity index is 1000. The summed E-state index contributed by atoms with van der Waals surface area (Å²) >= 11 is 0. The van der Waals surface area contributed by atoms with Crippen LogP contribution in [-0.2, 0) is 4.79 Å². The van der Waals surface area contributed by atoms with Crippen molar-refractivity contribution in [1.82, 2.24) is 24.8 Å². The van der Waals surface area contributed by atoms with E-state index < -0.39 is 5.82 Å². The van der Waals surface area contributed by atoms with Crippen LogP contribution in [0.5, 0.6) is 0 Å².